The van der Waals surface area contributed by atoms with Gasteiger partial charge < -0.3 is 4.74 Å². The molecule has 8 heteroatoms. The maximum atomic E-state index is 13.2. The average Bonchev–Trinajstić information content (AvgIpc) is 2.89. The van der Waals surface area contributed by atoms with Crippen LogP contribution < -0.4 is 4.74 Å². The molecule has 0 N–H and O–H groups in total. The van der Waals surface area contributed by atoms with E-state index < -0.39 is 15.3 Å². The summed E-state index contributed by atoms with van der Waals surface area (Å²) >= 11 is 1.31. The lowest BCUT2D eigenvalue weighted by molar-refractivity contribution is 0.134. The number of thiazole rings is 1. The number of benzene rings is 1. The molecule has 0 atom stereocenters. The van der Waals surface area contributed by atoms with Crippen LogP contribution >= 0.6 is 11.3 Å². The first-order chi connectivity index (χ1) is 10.9. The number of sulfonamides is 1. The minimum Gasteiger partial charge on any atom is -0.467 e. The van der Waals surface area contributed by atoms with E-state index in [-0.39, 0.29) is 11.9 Å². The Morgan fingerprint density at radius 2 is 2.04 bits per heavy atom. The molecule has 0 unspecified atom stereocenters. The van der Waals surface area contributed by atoms with Crippen LogP contribution in [0.3, 0.4) is 0 Å². The van der Waals surface area contributed by atoms with Crippen LogP contribution in [0.25, 0.3) is 10.2 Å². The van der Waals surface area contributed by atoms with Gasteiger partial charge in [0.1, 0.15) is 11.9 Å². The molecule has 0 aliphatic carbocycles. The zero-order valence-electron chi connectivity index (χ0n) is 13.0. The quantitative estimate of drug-likeness (QED) is 0.843. The molecule has 0 saturated carbocycles. The van der Waals surface area contributed by atoms with Gasteiger partial charge in [-0.2, -0.15) is 0 Å². The molecule has 5 nitrogen and oxygen atoms in total. The van der Waals surface area contributed by atoms with Crippen molar-refractivity contribution < 1.29 is 17.5 Å². The van der Waals surface area contributed by atoms with Crippen molar-refractivity contribution in [3.63, 3.8) is 0 Å². The Morgan fingerprint density at radius 1 is 1.35 bits per heavy atom. The number of rotatable bonds is 4. The summed E-state index contributed by atoms with van der Waals surface area (Å²) in [6.45, 7) is 4.31. The fourth-order valence-electron chi connectivity index (χ4n) is 2.57. The molecule has 0 amide bonds. The van der Waals surface area contributed by atoms with Gasteiger partial charge in [-0.25, -0.2) is 22.1 Å². The summed E-state index contributed by atoms with van der Waals surface area (Å²) in [6, 6.07) is 4.45. The summed E-state index contributed by atoms with van der Waals surface area (Å²) in [5.41, 5.74) is 0.714. The highest BCUT2D eigenvalue weighted by molar-refractivity contribution is 7.89. The van der Waals surface area contributed by atoms with Gasteiger partial charge in [-0.1, -0.05) is 11.3 Å². The number of piperidine rings is 1. The number of aromatic nitrogens is 1. The number of fused-ring (bicyclic) bond motifs is 1. The van der Waals surface area contributed by atoms with Gasteiger partial charge in [0.25, 0.3) is 5.19 Å². The Bertz CT molecular complexity index is 796. The molecule has 1 aromatic heterocycles. The summed E-state index contributed by atoms with van der Waals surface area (Å²) in [4.78, 5) is 4.34. The van der Waals surface area contributed by atoms with Crippen LogP contribution in [0, 0.1) is 5.82 Å². The minimum absolute atomic E-state index is 0.0565. The van der Waals surface area contributed by atoms with Gasteiger partial charge in [0, 0.05) is 13.1 Å². The van der Waals surface area contributed by atoms with Crippen molar-refractivity contribution in [2.45, 2.75) is 38.0 Å². The van der Waals surface area contributed by atoms with E-state index in [1.54, 1.807) is 19.9 Å². The third kappa shape index (κ3) is 3.49. The molecule has 0 bridgehead atoms. The third-order valence-corrected chi connectivity index (χ3v) is 7.14. The van der Waals surface area contributed by atoms with E-state index in [9.17, 15) is 12.8 Å². The van der Waals surface area contributed by atoms with Crippen LogP contribution in [0.1, 0.15) is 26.7 Å². The molecule has 2 aromatic rings. The molecule has 3 rings (SSSR count). The molecule has 126 valence electrons. The van der Waals surface area contributed by atoms with E-state index in [1.807, 2.05) is 0 Å². The molecule has 1 aromatic carbocycles. The molecule has 0 radical (unpaired) electrons. The summed E-state index contributed by atoms with van der Waals surface area (Å²) in [7, 11) is -3.20. The predicted molar refractivity (Wildman–Crippen MR) is 88.9 cm³/mol. The first-order valence-corrected chi connectivity index (χ1v) is 9.90. The van der Waals surface area contributed by atoms with Crippen LogP contribution in [-0.4, -0.2) is 42.2 Å². The van der Waals surface area contributed by atoms with E-state index in [0.717, 1.165) is 4.70 Å². The lowest BCUT2D eigenvalue weighted by Gasteiger charge is -2.31. The molecular formula is C15H19FN2O3S2. The topological polar surface area (TPSA) is 59.5 Å². The monoisotopic (exact) mass is 358 g/mol. The molecule has 23 heavy (non-hydrogen) atoms. The van der Waals surface area contributed by atoms with Crippen LogP contribution in [0.15, 0.2) is 18.2 Å². The Balaban J connectivity index is 1.64. The van der Waals surface area contributed by atoms with Crippen LogP contribution in [0.2, 0.25) is 0 Å². The van der Waals surface area contributed by atoms with Gasteiger partial charge in [-0.15, -0.1) is 0 Å². The molecule has 1 aliphatic heterocycles. The fourth-order valence-corrected chi connectivity index (χ4v) is 4.80. The van der Waals surface area contributed by atoms with Gasteiger partial charge in [-0.3, -0.25) is 0 Å². The summed E-state index contributed by atoms with van der Waals surface area (Å²) in [5, 5.41) is 0.106. The second-order valence-corrected chi connectivity index (χ2v) is 9.38. The standard InChI is InChI=1S/C15H19FN2O3S2/c1-10(2)23(19,20)18-7-5-12(6-8-18)21-15-17-13-4-3-11(16)9-14(13)22-15/h3-4,9-10,12H,5-8H2,1-2H3. The van der Waals surface area contributed by atoms with Crippen molar-refractivity contribution in [2.75, 3.05) is 13.1 Å². The Morgan fingerprint density at radius 3 is 2.70 bits per heavy atom. The summed E-state index contributed by atoms with van der Waals surface area (Å²) < 4.78 is 45.6. The second-order valence-electron chi connectivity index (χ2n) is 5.90. The fraction of sp³-hybridized carbons (Fsp3) is 0.533. The highest BCUT2D eigenvalue weighted by atomic mass is 32.2. The number of nitrogens with zero attached hydrogens (tertiary/aromatic N) is 2. The van der Waals surface area contributed by atoms with Crippen molar-refractivity contribution in [2.24, 2.45) is 0 Å². The molecule has 1 aliphatic rings. The van der Waals surface area contributed by atoms with Crippen molar-refractivity contribution >= 4 is 31.6 Å². The van der Waals surface area contributed by atoms with Gasteiger partial charge in [0.2, 0.25) is 10.0 Å². The number of halogens is 1. The number of hydrogen-bond donors (Lipinski definition) is 0. The maximum absolute atomic E-state index is 13.2. The van der Waals surface area contributed by atoms with Crippen LogP contribution in [-0.2, 0) is 10.0 Å². The minimum atomic E-state index is -3.20. The van der Waals surface area contributed by atoms with E-state index in [4.69, 9.17) is 4.74 Å². The van der Waals surface area contributed by atoms with E-state index in [1.165, 1.54) is 27.8 Å². The van der Waals surface area contributed by atoms with Crippen molar-refractivity contribution in [3.05, 3.63) is 24.0 Å². The highest BCUT2D eigenvalue weighted by Gasteiger charge is 2.31. The van der Waals surface area contributed by atoms with Gasteiger partial charge in [-0.05, 0) is 44.9 Å². The average molecular weight is 358 g/mol. The third-order valence-electron chi connectivity index (χ3n) is 3.95. The molecule has 0 spiro atoms. The largest absolute Gasteiger partial charge is 0.467 e. The van der Waals surface area contributed by atoms with Gasteiger partial charge in [0.15, 0.2) is 0 Å². The zero-order valence-corrected chi connectivity index (χ0v) is 14.7. The molecule has 2 heterocycles. The van der Waals surface area contributed by atoms with Crippen LogP contribution in [0.4, 0.5) is 4.39 Å². The van der Waals surface area contributed by atoms with Crippen LogP contribution in [0.5, 0.6) is 5.19 Å². The van der Waals surface area contributed by atoms with E-state index >= 15 is 0 Å². The maximum Gasteiger partial charge on any atom is 0.274 e. The summed E-state index contributed by atoms with van der Waals surface area (Å²) in [6.07, 6.45) is 1.21. The number of hydrogen-bond acceptors (Lipinski definition) is 5. The van der Waals surface area contributed by atoms with E-state index in [0.29, 0.717) is 36.6 Å². The Hall–Kier alpha value is -1.25. The van der Waals surface area contributed by atoms with Crippen molar-refractivity contribution in [1.82, 2.24) is 9.29 Å². The smallest absolute Gasteiger partial charge is 0.274 e. The normalized spacial score (nSPS) is 17.9. The lowest BCUT2D eigenvalue weighted by Crippen LogP contribution is -2.44. The zero-order chi connectivity index (χ0) is 16.6. The summed E-state index contributed by atoms with van der Waals surface area (Å²) in [5.74, 6) is -0.292. The lowest BCUT2D eigenvalue weighted by atomic mass is 10.1. The van der Waals surface area contributed by atoms with Gasteiger partial charge in [0.05, 0.1) is 15.5 Å². The second kappa shape index (κ2) is 6.33. The molecule has 1 saturated heterocycles. The predicted octanol–water partition coefficient (Wildman–Crippen LogP) is 3.02. The Kier molecular flexibility index (Phi) is 4.57. The van der Waals surface area contributed by atoms with Gasteiger partial charge >= 0.3 is 0 Å². The highest BCUT2D eigenvalue weighted by Crippen LogP contribution is 2.30. The first kappa shape index (κ1) is 16.6. The molecule has 1 fully saturated rings. The van der Waals surface area contributed by atoms with Crippen molar-refractivity contribution in [1.29, 1.82) is 0 Å². The number of ether oxygens (including phenoxy) is 1. The molecular weight excluding hydrogens is 339 g/mol. The first-order valence-electron chi connectivity index (χ1n) is 7.58. The van der Waals surface area contributed by atoms with Crippen molar-refractivity contribution in [3.8, 4) is 5.19 Å². The Labute approximate surface area is 139 Å². The van der Waals surface area contributed by atoms with E-state index in [2.05, 4.69) is 4.98 Å². The SMILES string of the molecule is CC(C)S(=O)(=O)N1CCC(Oc2nc3ccc(F)cc3s2)CC1.